The lowest BCUT2D eigenvalue weighted by molar-refractivity contribution is 0.0893. The molecule has 0 N–H and O–H groups in total. The number of hydrogen-bond donors (Lipinski definition) is 0. The molecule has 1 aliphatic heterocycles. The molecule has 0 aromatic heterocycles. The molecular formula is C10H22O5Si. The molecule has 0 aromatic carbocycles. The second-order valence-corrected chi connectivity index (χ2v) is 6.69. The molecule has 0 amide bonds. The lowest BCUT2D eigenvalue weighted by atomic mass is 10.3. The van der Waals surface area contributed by atoms with E-state index in [1.54, 1.807) is 14.2 Å². The fourth-order valence-corrected chi connectivity index (χ4v) is 2.06. The highest BCUT2D eigenvalue weighted by molar-refractivity contribution is 6.59. The number of rotatable bonds is 10. The predicted octanol–water partition coefficient (Wildman–Crippen LogP) is 1.06. The van der Waals surface area contributed by atoms with Gasteiger partial charge < -0.3 is 22.8 Å². The maximum Gasteiger partial charge on any atom is 0.497 e. The standard InChI is InChI=1S/C10H22O5Si/c1-11-16(3,12-2)15-7-5-4-6-13-8-10-9-14-10/h10H,4-9H2,1-3H3. The fourth-order valence-electron chi connectivity index (χ4n) is 1.14. The Hall–Kier alpha value is 0.0169. The van der Waals surface area contributed by atoms with Gasteiger partial charge in [0.15, 0.2) is 0 Å². The van der Waals surface area contributed by atoms with Gasteiger partial charge in [0.2, 0.25) is 0 Å². The van der Waals surface area contributed by atoms with Gasteiger partial charge in [0.05, 0.1) is 13.2 Å². The molecule has 0 saturated carbocycles. The maximum atomic E-state index is 5.58. The van der Waals surface area contributed by atoms with E-state index in [2.05, 4.69) is 0 Å². The number of epoxide rings is 1. The van der Waals surface area contributed by atoms with Crippen LogP contribution in [0.3, 0.4) is 0 Å². The van der Waals surface area contributed by atoms with E-state index in [9.17, 15) is 0 Å². The van der Waals surface area contributed by atoms with Crippen LogP contribution in [-0.2, 0) is 22.8 Å². The van der Waals surface area contributed by atoms with Gasteiger partial charge in [0.25, 0.3) is 0 Å². The lowest BCUT2D eigenvalue weighted by Gasteiger charge is -2.21. The number of ether oxygens (including phenoxy) is 2. The summed E-state index contributed by atoms with van der Waals surface area (Å²) in [7, 11) is 0.904. The average molecular weight is 250 g/mol. The van der Waals surface area contributed by atoms with Crippen molar-refractivity contribution in [2.24, 2.45) is 0 Å². The molecule has 16 heavy (non-hydrogen) atoms. The van der Waals surface area contributed by atoms with Crippen LogP contribution in [0.4, 0.5) is 0 Å². The maximum absolute atomic E-state index is 5.58. The van der Waals surface area contributed by atoms with E-state index in [0.29, 0.717) is 12.7 Å². The van der Waals surface area contributed by atoms with Crippen molar-refractivity contribution in [3.05, 3.63) is 0 Å². The molecule has 1 heterocycles. The van der Waals surface area contributed by atoms with Gasteiger partial charge in [0.1, 0.15) is 6.10 Å². The molecule has 96 valence electrons. The Balaban J connectivity index is 1.86. The molecule has 0 spiro atoms. The molecule has 0 bridgehead atoms. The van der Waals surface area contributed by atoms with E-state index in [4.69, 9.17) is 22.8 Å². The first-order valence-corrected chi connectivity index (χ1v) is 7.86. The Morgan fingerprint density at radius 2 is 1.81 bits per heavy atom. The van der Waals surface area contributed by atoms with Gasteiger partial charge in [-0.2, -0.15) is 0 Å². The van der Waals surface area contributed by atoms with Crippen molar-refractivity contribution in [1.82, 2.24) is 0 Å². The van der Waals surface area contributed by atoms with Crippen LogP contribution in [0.5, 0.6) is 0 Å². The van der Waals surface area contributed by atoms with Crippen LogP contribution in [0.15, 0.2) is 0 Å². The lowest BCUT2D eigenvalue weighted by Crippen LogP contribution is -2.40. The van der Waals surface area contributed by atoms with Crippen LogP contribution in [-0.4, -0.2) is 55.6 Å². The summed E-state index contributed by atoms with van der Waals surface area (Å²) >= 11 is 0. The summed E-state index contributed by atoms with van der Waals surface area (Å²) in [5.41, 5.74) is 0. The highest BCUT2D eigenvalue weighted by atomic mass is 28.4. The van der Waals surface area contributed by atoms with Crippen molar-refractivity contribution in [2.45, 2.75) is 25.5 Å². The number of unbranched alkanes of at least 4 members (excludes halogenated alkanes) is 1. The first-order chi connectivity index (χ1) is 7.70. The largest absolute Gasteiger partial charge is 0.497 e. The molecule has 1 rings (SSSR count). The van der Waals surface area contributed by atoms with E-state index in [1.807, 2.05) is 6.55 Å². The average Bonchev–Trinajstić information content (AvgIpc) is 3.11. The summed E-state index contributed by atoms with van der Waals surface area (Å²) in [6.45, 7) is 4.89. The Morgan fingerprint density at radius 3 is 2.38 bits per heavy atom. The van der Waals surface area contributed by atoms with E-state index in [1.165, 1.54) is 0 Å². The Bertz CT molecular complexity index is 182. The normalized spacial score (nSPS) is 20.1. The molecular weight excluding hydrogens is 228 g/mol. The third-order valence-corrected chi connectivity index (χ3v) is 4.71. The van der Waals surface area contributed by atoms with Crippen molar-refractivity contribution in [3.63, 3.8) is 0 Å². The molecule has 0 aliphatic carbocycles. The minimum atomic E-state index is -2.33. The minimum Gasteiger partial charge on any atom is -0.379 e. The zero-order chi connectivity index (χ0) is 11.9. The molecule has 1 unspecified atom stereocenters. The van der Waals surface area contributed by atoms with Crippen LogP contribution >= 0.6 is 0 Å². The summed E-state index contributed by atoms with van der Waals surface area (Å²) < 4.78 is 26.4. The van der Waals surface area contributed by atoms with Gasteiger partial charge in [-0.15, -0.1) is 0 Å². The second-order valence-electron chi connectivity index (χ2n) is 3.86. The van der Waals surface area contributed by atoms with Crippen molar-refractivity contribution in [2.75, 3.05) is 40.6 Å². The third-order valence-electron chi connectivity index (χ3n) is 2.49. The Labute approximate surface area is 98.3 Å². The van der Waals surface area contributed by atoms with Gasteiger partial charge in [-0.25, -0.2) is 0 Å². The van der Waals surface area contributed by atoms with Gasteiger partial charge in [-0.05, 0) is 12.8 Å². The molecule has 0 aromatic rings. The van der Waals surface area contributed by atoms with E-state index < -0.39 is 8.80 Å². The van der Waals surface area contributed by atoms with Gasteiger partial charge in [0, 0.05) is 34.0 Å². The SMILES string of the molecule is CO[Si](C)(OC)OCCCCOCC1CO1. The number of hydrogen-bond acceptors (Lipinski definition) is 5. The molecule has 1 saturated heterocycles. The van der Waals surface area contributed by atoms with E-state index in [0.717, 1.165) is 32.7 Å². The summed E-state index contributed by atoms with van der Waals surface area (Å²) in [5.74, 6) is 0. The van der Waals surface area contributed by atoms with Crippen molar-refractivity contribution in [1.29, 1.82) is 0 Å². The third kappa shape index (κ3) is 5.93. The van der Waals surface area contributed by atoms with Gasteiger partial charge in [-0.3, -0.25) is 0 Å². The second kappa shape index (κ2) is 7.36. The topological polar surface area (TPSA) is 49.5 Å². The highest BCUT2D eigenvalue weighted by Crippen LogP contribution is 2.09. The molecule has 5 nitrogen and oxygen atoms in total. The smallest absolute Gasteiger partial charge is 0.379 e. The summed E-state index contributed by atoms with van der Waals surface area (Å²) in [4.78, 5) is 0. The summed E-state index contributed by atoms with van der Waals surface area (Å²) in [6.07, 6.45) is 2.31. The van der Waals surface area contributed by atoms with Gasteiger partial charge >= 0.3 is 8.80 Å². The van der Waals surface area contributed by atoms with Gasteiger partial charge in [-0.1, -0.05) is 0 Å². The zero-order valence-electron chi connectivity index (χ0n) is 10.4. The van der Waals surface area contributed by atoms with Crippen LogP contribution in [0.2, 0.25) is 6.55 Å². The zero-order valence-corrected chi connectivity index (χ0v) is 11.4. The predicted molar refractivity (Wildman–Crippen MR) is 61.4 cm³/mol. The van der Waals surface area contributed by atoms with E-state index in [-0.39, 0.29) is 0 Å². The monoisotopic (exact) mass is 250 g/mol. The Kier molecular flexibility index (Phi) is 6.48. The Morgan fingerprint density at radius 1 is 1.19 bits per heavy atom. The van der Waals surface area contributed by atoms with Crippen molar-refractivity contribution in [3.8, 4) is 0 Å². The molecule has 0 radical (unpaired) electrons. The summed E-state index contributed by atoms with van der Waals surface area (Å²) in [6, 6.07) is 0. The van der Waals surface area contributed by atoms with Crippen molar-refractivity contribution < 1.29 is 22.8 Å². The van der Waals surface area contributed by atoms with Crippen LogP contribution in [0.25, 0.3) is 0 Å². The quantitative estimate of drug-likeness (QED) is 0.330. The van der Waals surface area contributed by atoms with Crippen molar-refractivity contribution >= 4 is 8.80 Å². The van der Waals surface area contributed by atoms with Crippen LogP contribution in [0.1, 0.15) is 12.8 Å². The van der Waals surface area contributed by atoms with Crippen LogP contribution < -0.4 is 0 Å². The molecule has 1 aliphatic rings. The minimum absolute atomic E-state index is 0.355. The molecule has 1 fully saturated rings. The molecule has 1 atom stereocenters. The summed E-state index contributed by atoms with van der Waals surface area (Å²) in [5, 5.41) is 0. The highest BCUT2D eigenvalue weighted by Gasteiger charge is 2.31. The molecule has 6 heteroatoms. The first kappa shape index (κ1) is 14.1. The first-order valence-electron chi connectivity index (χ1n) is 5.64. The van der Waals surface area contributed by atoms with Crippen LogP contribution in [0, 0.1) is 0 Å². The van der Waals surface area contributed by atoms with E-state index >= 15 is 0 Å². The fraction of sp³-hybridized carbons (Fsp3) is 1.00.